The SMILES string of the molecule is Cc1cc(C)cc(NC(=S)NCCCN2CCCC[C@@H]2C)c1. The number of thiocarbonyl (C=S) groups is 1. The first-order valence-corrected chi connectivity index (χ1v) is 8.82. The molecule has 1 aromatic rings. The van der Waals surface area contributed by atoms with Gasteiger partial charge in [-0.1, -0.05) is 12.5 Å². The highest BCUT2D eigenvalue weighted by Gasteiger charge is 2.16. The van der Waals surface area contributed by atoms with Crippen molar-refractivity contribution in [1.29, 1.82) is 0 Å². The van der Waals surface area contributed by atoms with Crippen LogP contribution in [0.2, 0.25) is 0 Å². The van der Waals surface area contributed by atoms with Gasteiger partial charge in [0.15, 0.2) is 5.11 Å². The molecule has 0 spiro atoms. The second-order valence-corrected chi connectivity index (χ2v) is 6.90. The summed E-state index contributed by atoms with van der Waals surface area (Å²) in [7, 11) is 0. The third kappa shape index (κ3) is 5.58. The normalized spacial score (nSPS) is 19.0. The molecule has 1 fully saturated rings. The number of rotatable bonds is 5. The Labute approximate surface area is 140 Å². The molecule has 1 atom stereocenters. The van der Waals surface area contributed by atoms with Crippen LogP contribution in [0.4, 0.5) is 5.69 Å². The van der Waals surface area contributed by atoms with Crippen LogP contribution >= 0.6 is 12.2 Å². The van der Waals surface area contributed by atoms with Crippen LogP contribution in [0.1, 0.15) is 43.7 Å². The number of likely N-dealkylation sites (tertiary alicyclic amines) is 1. The lowest BCUT2D eigenvalue weighted by Crippen LogP contribution is -2.39. The van der Waals surface area contributed by atoms with E-state index in [1.54, 1.807) is 0 Å². The first-order chi connectivity index (χ1) is 10.5. The second kappa shape index (κ2) is 8.49. The van der Waals surface area contributed by atoms with Gasteiger partial charge in [-0.15, -0.1) is 0 Å². The minimum Gasteiger partial charge on any atom is -0.362 e. The Hall–Kier alpha value is -1.13. The van der Waals surface area contributed by atoms with Crippen molar-refractivity contribution in [2.75, 3.05) is 25.0 Å². The van der Waals surface area contributed by atoms with Crippen molar-refractivity contribution in [3.8, 4) is 0 Å². The number of piperidine rings is 1. The maximum absolute atomic E-state index is 5.38. The largest absolute Gasteiger partial charge is 0.362 e. The highest BCUT2D eigenvalue weighted by Crippen LogP contribution is 2.16. The van der Waals surface area contributed by atoms with E-state index in [1.807, 2.05) is 0 Å². The van der Waals surface area contributed by atoms with Gasteiger partial charge in [-0.3, -0.25) is 0 Å². The lowest BCUT2D eigenvalue weighted by Gasteiger charge is -2.33. The predicted molar refractivity (Wildman–Crippen MR) is 99.6 cm³/mol. The summed E-state index contributed by atoms with van der Waals surface area (Å²) in [6.45, 7) is 9.91. The third-order valence-electron chi connectivity index (χ3n) is 4.33. The number of hydrogen-bond donors (Lipinski definition) is 2. The highest BCUT2D eigenvalue weighted by molar-refractivity contribution is 7.80. The number of aryl methyl sites for hydroxylation is 2. The first kappa shape index (κ1) is 17.2. The lowest BCUT2D eigenvalue weighted by molar-refractivity contribution is 0.159. The number of benzene rings is 1. The molecule has 0 radical (unpaired) electrons. The van der Waals surface area contributed by atoms with Crippen molar-refractivity contribution >= 4 is 23.0 Å². The molecule has 2 rings (SSSR count). The molecule has 0 unspecified atom stereocenters. The van der Waals surface area contributed by atoms with Gasteiger partial charge >= 0.3 is 0 Å². The van der Waals surface area contributed by atoms with E-state index in [0.29, 0.717) is 0 Å². The molecule has 4 heteroatoms. The van der Waals surface area contributed by atoms with Crippen molar-refractivity contribution in [3.63, 3.8) is 0 Å². The van der Waals surface area contributed by atoms with E-state index in [1.165, 1.54) is 43.5 Å². The van der Waals surface area contributed by atoms with Gasteiger partial charge in [-0.05, 0) is 82.1 Å². The zero-order chi connectivity index (χ0) is 15.9. The van der Waals surface area contributed by atoms with E-state index in [2.05, 4.69) is 54.5 Å². The van der Waals surface area contributed by atoms with Gasteiger partial charge in [-0.25, -0.2) is 0 Å². The monoisotopic (exact) mass is 319 g/mol. The Morgan fingerprint density at radius 3 is 2.64 bits per heavy atom. The molecule has 0 aliphatic carbocycles. The Morgan fingerprint density at radius 2 is 1.95 bits per heavy atom. The maximum atomic E-state index is 5.38. The molecular formula is C18H29N3S. The molecule has 0 saturated carbocycles. The van der Waals surface area contributed by atoms with E-state index in [9.17, 15) is 0 Å². The van der Waals surface area contributed by atoms with Gasteiger partial charge < -0.3 is 15.5 Å². The van der Waals surface area contributed by atoms with E-state index >= 15 is 0 Å². The molecule has 1 aromatic carbocycles. The Morgan fingerprint density at radius 1 is 1.23 bits per heavy atom. The fourth-order valence-electron chi connectivity index (χ4n) is 3.20. The highest BCUT2D eigenvalue weighted by atomic mass is 32.1. The van der Waals surface area contributed by atoms with Crippen LogP contribution in [0.5, 0.6) is 0 Å². The smallest absolute Gasteiger partial charge is 0.170 e. The molecule has 1 heterocycles. The molecule has 1 saturated heterocycles. The zero-order valence-electron chi connectivity index (χ0n) is 14.1. The second-order valence-electron chi connectivity index (χ2n) is 6.49. The van der Waals surface area contributed by atoms with Gasteiger partial charge in [0.1, 0.15) is 0 Å². The van der Waals surface area contributed by atoms with Crippen molar-refractivity contribution in [2.45, 2.75) is 52.5 Å². The summed E-state index contributed by atoms with van der Waals surface area (Å²) < 4.78 is 0. The van der Waals surface area contributed by atoms with E-state index in [4.69, 9.17) is 12.2 Å². The number of hydrogen-bond acceptors (Lipinski definition) is 2. The predicted octanol–water partition coefficient (Wildman–Crippen LogP) is 3.85. The number of nitrogens with one attached hydrogen (secondary N) is 2. The summed E-state index contributed by atoms with van der Waals surface area (Å²) >= 11 is 5.38. The molecule has 3 nitrogen and oxygen atoms in total. The van der Waals surface area contributed by atoms with E-state index < -0.39 is 0 Å². The Balaban J connectivity index is 1.67. The third-order valence-corrected chi connectivity index (χ3v) is 4.57. The molecule has 1 aliphatic heterocycles. The van der Waals surface area contributed by atoms with Crippen LogP contribution < -0.4 is 10.6 Å². The lowest BCUT2D eigenvalue weighted by atomic mass is 10.0. The van der Waals surface area contributed by atoms with Gasteiger partial charge in [-0.2, -0.15) is 0 Å². The van der Waals surface area contributed by atoms with Gasteiger partial charge in [0.25, 0.3) is 0 Å². The molecule has 0 bridgehead atoms. The molecule has 2 N–H and O–H groups in total. The van der Waals surface area contributed by atoms with Gasteiger partial charge in [0.2, 0.25) is 0 Å². The van der Waals surface area contributed by atoms with Gasteiger partial charge in [0, 0.05) is 24.8 Å². The summed E-state index contributed by atoms with van der Waals surface area (Å²) in [6.07, 6.45) is 5.23. The van der Waals surface area contributed by atoms with Crippen LogP contribution in [0.15, 0.2) is 18.2 Å². The molecule has 122 valence electrons. The zero-order valence-corrected chi connectivity index (χ0v) is 14.9. The average molecular weight is 320 g/mol. The molecule has 0 amide bonds. The van der Waals surface area contributed by atoms with Crippen molar-refractivity contribution in [1.82, 2.24) is 10.2 Å². The molecule has 22 heavy (non-hydrogen) atoms. The summed E-state index contributed by atoms with van der Waals surface area (Å²) in [5, 5.41) is 7.31. The molecule has 0 aromatic heterocycles. The Bertz CT molecular complexity index is 481. The summed E-state index contributed by atoms with van der Waals surface area (Å²) in [5.74, 6) is 0. The van der Waals surface area contributed by atoms with Crippen LogP contribution in [-0.4, -0.2) is 35.7 Å². The van der Waals surface area contributed by atoms with E-state index in [0.717, 1.165) is 29.8 Å². The quantitative estimate of drug-likeness (QED) is 0.637. The van der Waals surface area contributed by atoms with Crippen molar-refractivity contribution < 1.29 is 0 Å². The van der Waals surface area contributed by atoms with Crippen molar-refractivity contribution in [3.05, 3.63) is 29.3 Å². The minimum absolute atomic E-state index is 0.719. The minimum atomic E-state index is 0.719. The van der Waals surface area contributed by atoms with Crippen LogP contribution in [0, 0.1) is 13.8 Å². The topological polar surface area (TPSA) is 27.3 Å². The standard InChI is InChI=1S/C18H29N3S/c1-14-11-15(2)13-17(12-14)20-18(22)19-8-6-10-21-9-5-4-7-16(21)3/h11-13,16H,4-10H2,1-3H3,(H2,19,20,22)/t16-/m0/s1. The van der Waals surface area contributed by atoms with Gasteiger partial charge in [0.05, 0.1) is 0 Å². The van der Waals surface area contributed by atoms with Crippen LogP contribution in [0.3, 0.4) is 0 Å². The Kier molecular flexibility index (Phi) is 6.65. The average Bonchev–Trinajstić information content (AvgIpc) is 2.44. The fraction of sp³-hybridized carbons (Fsp3) is 0.611. The fourth-order valence-corrected chi connectivity index (χ4v) is 3.42. The summed E-state index contributed by atoms with van der Waals surface area (Å²) in [6, 6.07) is 7.16. The van der Waals surface area contributed by atoms with Crippen LogP contribution in [-0.2, 0) is 0 Å². The van der Waals surface area contributed by atoms with Crippen molar-refractivity contribution in [2.24, 2.45) is 0 Å². The number of nitrogens with zero attached hydrogens (tertiary/aromatic N) is 1. The molecular weight excluding hydrogens is 290 g/mol. The summed E-state index contributed by atoms with van der Waals surface area (Å²) in [4.78, 5) is 2.60. The maximum Gasteiger partial charge on any atom is 0.170 e. The van der Waals surface area contributed by atoms with E-state index in [-0.39, 0.29) is 0 Å². The molecule has 1 aliphatic rings. The summed E-state index contributed by atoms with van der Waals surface area (Å²) in [5.41, 5.74) is 3.58. The first-order valence-electron chi connectivity index (χ1n) is 8.42. The van der Waals surface area contributed by atoms with Crippen LogP contribution in [0.25, 0.3) is 0 Å². The number of anilines is 1.